The van der Waals surface area contributed by atoms with Crippen molar-refractivity contribution in [3.63, 3.8) is 0 Å². The molecule has 0 aliphatic carbocycles. The Labute approximate surface area is 139 Å². The number of ether oxygens (including phenoxy) is 1. The van der Waals surface area contributed by atoms with Crippen LogP contribution in [-0.4, -0.2) is 50.3 Å². The highest BCUT2D eigenvalue weighted by Gasteiger charge is 2.26. The standard InChI is InChI=1S/C16H21N5O3/c1-12-10-14(22)19-16(18-12)13-11-20(8-9-24-13)15(23)4-2-6-21-7-3-5-17-21/h3,5,7,10,13H,2,4,6,8-9,11H2,1H3,(H,18,19,22)/t13-/m0/s1. The second kappa shape index (κ2) is 7.39. The first-order chi connectivity index (χ1) is 11.6. The van der Waals surface area contributed by atoms with Crippen molar-refractivity contribution in [3.05, 3.63) is 46.4 Å². The van der Waals surface area contributed by atoms with Crippen LogP contribution >= 0.6 is 0 Å². The average molecular weight is 331 g/mol. The van der Waals surface area contributed by atoms with Crippen LogP contribution in [0.4, 0.5) is 0 Å². The van der Waals surface area contributed by atoms with Gasteiger partial charge in [-0.05, 0) is 19.4 Å². The molecule has 1 aliphatic heterocycles. The van der Waals surface area contributed by atoms with Crippen molar-refractivity contribution in [2.24, 2.45) is 0 Å². The van der Waals surface area contributed by atoms with Crippen LogP contribution in [0, 0.1) is 6.92 Å². The highest BCUT2D eigenvalue weighted by Crippen LogP contribution is 2.19. The molecule has 0 saturated carbocycles. The van der Waals surface area contributed by atoms with Gasteiger partial charge in [-0.15, -0.1) is 0 Å². The fraction of sp³-hybridized carbons (Fsp3) is 0.500. The number of nitrogens with zero attached hydrogens (tertiary/aromatic N) is 4. The van der Waals surface area contributed by atoms with Crippen LogP contribution in [0.15, 0.2) is 29.3 Å². The maximum Gasteiger partial charge on any atom is 0.251 e. The van der Waals surface area contributed by atoms with E-state index in [2.05, 4.69) is 15.1 Å². The zero-order chi connectivity index (χ0) is 16.9. The van der Waals surface area contributed by atoms with E-state index in [4.69, 9.17) is 4.74 Å². The van der Waals surface area contributed by atoms with Crippen LogP contribution in [0.3, 0.4) is 0 Å². The van der Waals surface area contributed by atoms with Crippen molar-refractivity contribution >= 4 is 5.91 Å². The lowest BCUT2D eigenvalue weighted by molar-refractivity contribution is -0.139. The number of amides is 1. The number of aromatic amines is 1. The molecule has 24 heavy (non-hydrogen) atoms. The van der Waals surface area contributed by atoms with Gasteiger partial charge in [-0.3, -0.25) is 14.3 Å². The summed E-state index contributed by atoms with van der Waals surface area (Å²) in [6.45, 7) is 3.90. The van der Waals surface area contributed by atoms with E-state index in [1.807, 2.05) is 16.9 Å². The van der Waals surface area contributed by atoms with Crippen molar-refractivity contribution in [1.82, 2.24) is 24.6 Å². The SMILES string of the molecule is Cc1cc(=O)[nH]c([C@@H]2CN(C(=O)CCCn3cccn3)CCO2)n1. The van der Waals surface area contributed by atoms with Crippen LogP contribution in [-0.2, 0) is 16.1 Å². The number of nitrogens with one attached hydrogen (secondary N) is 1. The third-order valence-electron chi connectivity index (χ3n) is 3.95. The van der Waals surface area contributed by atoms with E-state index in [1.165, 1.54) is 6.07 Å². The summed E-state index contributed by atoms with van der Waals surface area (Å²) in [6, 6.07) is 3.30. The number of carbonyl (C=O) groups excluding carboxylic acids is 1. The third kappa shape index (κ3) is 4.08. The first kappa shape index (κ1) is 16.4. The van der Waals surface area contributed by atoms with E-state index in [0.29, 0.717) is 37.6 Å². The van der Waals surface area contributed by atoms with Crippen molar-refractivity contribution in [2.75, 3.05) is 19.7 Å². The first-order valence-electron chi connectivity index (χ1n) is 8.06. The molecule has 0 unspecified atom stereocenters. The van der Waals surface area contributed by atoms with Crippen molar-refractivity contribution in [1.29, 1.82) is 0 Å². The number of hydrogen-bond donors (Lipinski definition) is 1. The summed E-state index contributed by atoms with van der Waals surface area (Å²) in [5.41, 5.74) is 0.434. The molecule has 8 heteroatoms. The van der Waals surface area contributed by atoms with Crippen LogP contribution in [0.5, 0.6) is 0 Å². The molecule has 1 amide bonds. The van der Waals surface area contributed by atoms with Gasteiger partial charge in [0.25, 0.3) is 5.56 Å². The molecular weight excluding hydrogens is 310 g/mol. The number of aromatic nitrogens is 4. The Hall–Kier alpha value is -2.48. The molecule has 1 fully saturated rings. The van der Waals surface area contributed by atoms with Gasteiger partial charge >= 0.3 is 0 Å². The molecule has 1 atom stereocenters. The lowest BCUT2D eigenvalue weighted by Gasteiger charge is -2.32. The van der Waals surface area contributed by atoms with Gasteiger partial charge in [0.2, 0.25) is 5.91 Å². The number of carbonyl (C=O) groups is 1. The maximum atomic E-state index is 12.4. The molecule has 3 heterocycles. The van der Waals surface area contributed by atoms with E-state index in [-0.39, 0.29) is 17.6 Å². The molecule has 1 N–H and O–H groups in total. The van der Waals surface area contributed by atoms with Gasteiger partial charge in [0.15, 0.2) is 0 Å². The monoisotopic (exact) mass is 331 g/mol. The smallest absolute Gasteiger partial charge is 0.251 e. The Bertz CT molecular complexity index is 740. The molecule has 128 valence electrons. The third-order valence-corrected chi connectivity index (χ3v) is 3.95. The Morgan fingerprint density at radius 2 is 2.38 bits per heavy atom. The molecular formula is C16H21N5O3. The lowest BCUT2D eigenvalue weighted by atomic mass is 10.2. The van der Waals surface area contributed by atoms with Gasteiger partial charge in [0, 0.05) is 43.7 Å². The predicted molar refractivity (Wildman–Crippen MR) is 86.3 cm³/mol. The Morgan fingerprint density at radius 1 is 1.50 bits per heavy atom. The molecule has 2 aromatic heterocycles. The summed E-state index contributed by atoms with van der Waals surface area (Å²) < 4.78 is 7.49. The lowest BCUT2D eigenvalue weighted by Crippen LogP contribution is -2.43. The fourth-order valence-corrected chi connectivity index (χ4v) is 2.78. The van der Waals surface area contributed by atoms with Gasteiger partial charge in [-0.2, -0.15) is 5.10 Å². The minimum absolute atomic E-state index is 0.0884. The van der Waals surface area contributed by atoms with Crippen LogP contribution in [0.2, 0.25) is 0 Å². The van der Waals surface area contributed by atoms with Crippen LogP contribution in [0.1, 0.15) is 30.5 Å². The minimum atomic E-state index is -0.388. The summed E-state index contributed by atoms with van der Waals surface area (Å²) in [5.74, 6) is 0.569. The zero-order valence-electron chi connectivity index (χ0n) is 13.6. The zero-order valence-corrected chi connectivity index (χ0v) is 13.6. The molecule has 0 bridgehead atoms. The summed E-state index contributed by atoms with van der Waals surface area (Å²) in [6.07, 6.45) is 4.42. The highest BCUT2D eigenvalue weighted by molar-refractivity contribution is 5.76. The van der Waals surface area contributed by atoms with Gasteiger partial charge in [0.05, 0.1) is 13.2 Å². The van der Waals surface area contributed by atoms with E-state index in [9.17, 15) is 9.59 Å². The van der Waals surface area contributed by atoms with E-state index in [0.717, 1.165) is 13.0 Å². The second-order valence-corrected chi connectivity index (χ2v) is 5.84. The predicted octanol–water partition coefficient (Wildman–Crippen LogP) is 0.655. The molecule has 2 aromatic rings. The Morgan fingerprint density at radius 3 is 3.12 bits per heavy atom. The number of morpholine rings is 1. The van der Waals surface area contributed by atoms with Crippen LogP contribution in [0.25, 0.3) is 0 Å². The summed E-state index contributed by atoms with van der Waals surface area (Å²) in [5, 5.41) is 4.12. The molecule has 0 radical (unpaired) electrons. The molecule has 1 saturated heterocycles. The van der Waals surface area contributed by atoms with E-state index in [1.54, 1.807) is 18.0 Å². The number of rotatable bonds is 5. The van der Waals surface area contributed by atoms with E-state index >= 15 is 0 Å². The van der Waals surface area contributed by atoms with Gasteiger partial charge in [-0.1, -0.05) is 0 Å². The first-order valence-corrected chi connectivity index (χ1v) is 8.06. The summed E-state index contributed by atoms with van der Waals surface area (Å²) in [7, 11) is 0. The number of hydrogen-bond acceptors (Lipinski definition) is 5. The van der Waals surface area contributed by atoms with Crippen molar-refractivity contribution < 1.29 is 9.53 Å². The summed E-state index contributed by atoms with van der Waals surface area (Å²) >= 11 is 0. The average Bonchev–Trinajstić information content (AvgIpc) is 3.07. The summed E-state index contributed by atoms with van der Waals surface area (Å²) in [4.78, 5) is 32.8. The van der Waals surface area contributed by atoms with Gasteiger partial charge in [0.1, 0.15) is 11.9 Å². The normalized spacial score (nSPS) is 17.9. The second-order valence-electron chi connectivity index (χ2n) is 5.84. The minimum Gasteiger partial charge on any atom is -0.367 e. The quantitative estimate of drug-likeness (QED) is 0.868. The van der Waals surface area contributed by atoms with Crippen LogP contribution < -0.4 is 5.56 Å². The molecule has 1 aliphatic rings. The Kier molecular flexibility index (Phi) is 5.05. The number of aryl methyl sites for hydroxylation is 2. The van der Waals surface area contributed by atoms with Gasteiger partial charge in [-0.25, -0.2) is 4.98 Å². The van der Waals surface area contributed by atoms with Crippen molar-refractivity contribution in [2.45, 2.75) is 32.4 Å². The van der Waals surface area contributed by atoms with Gasteiger partial charge < -0.3 is 14.6 Å². The fourth-order valence-electron chi connectivity index (χ4n) is 2.78. The topological polar surface area (TPSA) is 93.1 Å². The maximum absolute atomic E-state index is 12.4. The molecule has 3 rings (SSSR count). The van der Waals surface area contributed by atoms with E-state index < -0.39 is 0 Å². The molecule has 8 nitrogen and oxygen atoms in total. The largest absolute Gasteiger partial charge is 0.367 e. The highest BCUT2D eigenvalue weighted by atomic mass is 16.5. The molecule has 0 aromatic carbocycles. The molecule has 0 spiro atoms. The number of H-pyrrole nitrogens is 1. The van der Waals surface area contributed by atoms with Crippen molar-refractivity contribution in [3.8, 4) is 0 Å². The Balaban J connectivity index is 1.56.